The maximum absolute atomic E-state index is 13.2. The minimum Gasteiger partial charge on any atom is -0.495 e. The summed E-state index contributed by atoms with van der Waals surface area (Å²) in [6.07, 6.45) is 0. The summed E-state index contributed by atoms with van der Waals surface area (Å²) in [7, 11) is 1.42. The van der Waals surface area contributed by atoms with Crippen LogP contribution in [0.25, 0.3) is 0 Å². The molecular weight excluding hydrogens is 243 g/mol. The van der Waals surface area contributed by atoms with Crippen LogP contribution in [-0.4, -0.2) is 13.6 Å². The molecule has 0 radical (unpaired) electrons. The van der Waals surface area contributed by atoms with Crippen molar-refractivity contribution in [3.05, 3.63) is 22.4 Å². The van der Waals surface area contributed by atoms with E-state index in [-0.39, 0.29) is 16.7 Å². The van der Waals surface area contributed by atoms with Gasteiger partial charge in [-0.05, 0) is 28.1 Å². The molecule has 0 atom stereocenters. The van der Waals surface area contributed by atoms with Gasteiger partial charge in [0.25, 0.3) is 6.47 Å². The lowest BCUT2D eigenvalue weighted by atomic mass is 10.3. The van der Waals surface area contributed by atoms with Crippen LogP contribution in [0.1, 0.15) is 0 Å². The molecule has 0 saturated heterocycles. The molecule has 1 aromatic carbocycles. The first-order valence-electron chi connectivity index (χ1n) is 3.33. The van der Waals surface area contributed by atoms with Gasteiger partial charge < -0.3 is 9.47 Å². The first-order chi connectivity index (χ1) is 6.20. The average Bonchev–Trinajstić information content (AvgIpc) is 2.14. The number of rotatable bonds is 3. The van der Waals surface area contributed by atoms with Gasteiger partial charge in [0.15, 0.2) is 11.6 Å². The van der Waals surface area contributed by atoms with Crippen molar-refractivity contribution in [2.45, 2.75) is 0 Å². The summed E-state index contributed by atoms with van der Waals surface area (Å²) in [5, 5.41) is 0. The molecule has 0 heterocycles. The van der Waals surface area contributed by atoms with Gasteiger partial charge in [-0.2, -0.15) is 0 Å². The number of hydrogen-bond donors (Lipinski definition) is 0. The fraction of sp³-hybridized carbons (Fsp3) is 0.125. The van der Waals surface area contributed by atoms with Gasteiger partial charge in [0.1, 0.15) is 5.75 Å². The van der Waals surface area contributed by atoms with E-state index in [0.29, 0.717) is 5.75 Å². The Kier molecular flexibility index (Phi) is 3.25. The van der Waals surface area contributed by atoms with Crippen molar-refractivity contribution in [3.8, 4) is 11.5 Å². The van der Waals surface area contributed by atoms with Crippen molar-refractivity contribution in [1.82, 2.24) is 0 Å². The normalized spacial score (nSPS) is 9.46. The number of carbonyl (C=O) groups excluding carboxylic acids is 1. The van der Waals surface area contributed by atoms with E-state index in [4.69, 9.17) is 4.74 Å². The fourth-order valence-electron chi connectivity index (χ4n) is 0.815. The second-order valence-electron chi connectivity index (χ2n) is 2.11. The standard InChI is InChI=1S/C8H6BrFO3/c1-12-5-2-3-6(13-4-11)8(10)7(5)9/h2-4H,1H3. The zero-order valence-electron chi connectivity index (χ0n) is 6.71. The highest BCUT2D eigenvalue weighted by Gasteiger charge is 2.12. The number of benzene rings is 1. The summed E-state index contributed by atoms with van der Waals surface area (Å²) in [6, 6.07) is 2.80. The molecule has 0 aliphatic rings. The zero-order valence-corrected chi connectivity index (χ0v) is 8.30. The summed E-state index contributed by atoms with van der Waals surface area (Å²) in [5.41, 5.74) is 0. The second kappa shape index (κ2) is 4.23. The van der Waals surface area contributed by atoms with Crippen molar-refractivity contribution in [3.63, 3.8) is 0 Å². The highest BCUT2D eigenvalue weighted by molar-refractivity contribution is 9.10. The Morgan fingerprint density at radius 1 is 1.46 bits per heavy atom. The highest BCUT2D eigenvalue weighted by Crippen LogP contribution is 2.33. The lowest BCUT2D eigenvalue weighted by Gasteiger charge is -2.06. The van der Waals surface area contributed by atoms with Crippen molar-refractivity contribution in [1.29, 1.82) is 0 Å². The van der Waals surface area contributed by atoms with Crippen LogP contribution in [0.3, 0.4) is 0 Å². The molecular formula is C8H6BrFO3. The van der Waals surface area contributed by atoms with Crippen LogP contribution in [0.4, 0.5) is 4.39 Å². The number of ether oxygens (including phenoxy) is 2. The van der Waals surface area contributed by atoms with E-state index in [1.807, 2.05) is 0 Å². The van der Waals surface area contributed by atoms with E-state index in [1.165, 1.54) is 19.2 Å². The van der Waals surface area contributed by atoms with Crippen LogP contribution in [0, 0.1) is 5.82 Å². The average molecular weight is 249 g/mol. The van der Waals surface area contributed by atoms with Crippen molar-refractivity contribution in [2.75, 3.05) is 7.11 Å². The monoisotopic (exact) mass is 248 g/mol. The SMILES string of the molecule is COc1ccc(OC=O)c(F)c1Br. The Morgan fingerprint density at radius 3 is 2.62 bits per heavy atom. The molecule has 0 bridgehead atoms. The van der Waals surface area contributed by atoms with Gasteiger partial charge >= 0.3 is 0 Å². The third-order valence-electron chi connectivity index (χ3n) is 1.41. The summed E-state index contributed by atoms with van der Waals surface area (Å²) in [4.78, 5) is 9.96. The third kappa shape index (κ3) is 1.98. The van der Waals surface area contributed by atoms with Crippen LogP contribution in [0.5, 0.6) is 11.5 Å². The Hall–Kier alpha value is -1.10. The molecule has 0 N–H and O–H groups in total. The maximum Gasteiger partial charge on any atom is 0.298 e. The van der Waals surface area contributed by atoms with Gasteiger partial charge in [-0.15, -0.1) is 0 Å². The predicted molar refractivity (Wildman–Crippen MR) is 47.3 cm³/mol. The summed E-state index contributed by atoms with van der Waals surface area (Å²) >= 11 is 2.97. The van der Waals surface area contributed by atoms with E-state index in [0.717, 1.165) is 0 Å². The van der Waals surface area contributed by atoms with E-state index in [9.17, 15) is 9.18 Å². The minimum absolute atomic E-state index is 0.134. The number of halogens is 2. The van der Waals surface area contributed by atoms with Crippen LogP contribution < -0.4 is 9.47 Å². The van der Waals surface area contributed by atoms with E-state index < -0.39 is 5.82 Å². The van der Waals surface area contributed by atoms with Gasteiger partial charge in [0.2, 0.25) is 0 Å². The molecule has 0 spiro atoms. The molecule has 0 aliphatic carbocycles. The molecule has 1 aromatic rings. The zero-order chi connectivity index (χ0) is 9.84. The lowest BCUT2D eigenvalue weighted by molar-refractivity contribution is -0.120. The van der Waals surface area contributed by atoms with Crippen molar-refractivity contribution in [2.24, 2.45) is 0 Å². The Morgan fingerprint density at radius 2 is 2.08 bits per heavy atom. The Balaban J connectivity index is 3.14. The number of hydrogen-bond acceptors (Lipinski definition) is 3. The predicted octanol–water partition coefficient (Wildman–Crippen LogP) is 2.13. The topological polar surface area (TPSA) is 35.5 Å². The first-order valence-corrected chi connectivity index (χ1v) is 4.12. The molecule has 0 fully saturated rings. The Labute approximate surface area is 82.6 Å². The third-order valence-corrected chi connectivity index (χ3v) is 2.15. The van der Waals surface area contributed by atoms with E-state index >= 15 is 0 Å². The molecule has 0 aliphatic heterocycles. The summed E-state index contributed by atoms with van der Waals surface area (Å²) < 4.78 is 22.6. The largest absolute Gasteiger partial charge is 0.495 e. The number of methoxy groups -OCH3 is 1. The summed E-state index contributed by atoms with van der Waals surface area (Å²) in [6.45, 7) is 0.164. The molecule has 0 amide bonds. The summed E-state index contributed by atoms with van der Waals surface area (Å²) in [5.74, 6) is -0.454. The quantitative estimate of drug-likeness (QED) is 0.770. The van der Waals surface area contributed by atoms with Crippen LogP contribution in [0.2, 0.25) is 0 Å². The van der Waals surface area contributed by atoms with Crippen molar-refractivity contribution >= 4 is 22.4 Å². The van der Waals surface area contributed by atoms with Gasteiger partial charge in [-0.25, -0.2) is 4.39 Å². The molecule has 0 saturated carbocycles. The molecule has 3 nitrogen and oxygen atoms in total. The van der Waals surface area contributed by atoms with E-state index in [2.05, 4.69) is 20.7 Å². The van der Waals surface area contributed by atoms with Gasteiger partial charge in [-0.3, -0.25) is 4.79 Å². The minimum atomic E-state index is -0.661. The molecule has 0 unspecified atom stereocenters. The first kappa shape index (κ1) is 9.98. The fourth-order valence-corrected chi connectivity index (χ4v) is 1.30. The molecule has 70 valence electrons. The second-order valence-corrected chi connectivity index (χ2v) is 2.90. The van der Waals surface area contributed by atoms with Crippen LogP contribution in [0.15, 0.2) is 16.6 Å². The molecule has 0 aromatic heterocycles. The lowest BCUT2D eigenvalue weighted by Crippen LogP contribution is -1.94. The molecule has 1 rings (SSSR count). The molecule has 13 heavy (non-hydrogen) atoms. The smallest absolute Gasteiger partial charge is 0.298 e. The van der Waals surface area contributed by atoms with Crippen LogP contribution in [-0.2, 0) is 4.79 Å². The van der Waals surface area contributed by atoms with E-state index in [1.54, 1.807) is 0 Å². The van der Waals surface area contributed by atoms with Crippen LogP contribution >= 0.6 is 15.9 Å². The van der Waals surface area contributed by atoms with Gasteiger partial charge in [-0.1, -0.05) is 0 Å². The highest BCUT2D eigenvalue weighted by atomic mass is 79.9. The van der Waals surface area contributed by atoms with Gasteiger partial charge in [0, 0.05) is 0 Å². The maximum atomic E-state index is 13.2. The van der Waals surface area contributed by atoms with Crippen molar-refractivity contribution < 1.29 is 18.7 Å². The van der Waals surface area contributed by atoms with Gasteiger partial charge in [0.05, 0.1) is 11.6 Å². The Bertz CT molecular complexity index is 327. The number of carbonyl (C=O) groups is 1. The molecule has 5 heteroatoms.